The first-order valence-electron chi connectivity index (χ1n) is 7.50. The summed E-state index contributed by atoms with van der Waals surface area (Å²) in [7, 11) is 0. The molecule has 0 saturated carbocycles. The van der Waals surface area contributed by atoms with Gasteiger partial charge in [-0.2, -0.15) is 0 Å². The topological polar surface area (TPSA) is 53.7 Å². The molecule has 2 N–H and O–H groups in total. The molecular weight excluding hydrogens is 254 g/mol. The number of hydrogen-bond acceptors (Lipinski definition) is 4. The molecule has 0 bridgehead atoms. The molecule has 4 heteroatoms. The third kappa shape index (κ3) is 8.02. The van der Waals surface area contributed by atoms with Crippen LogP contribution in [-0.4, -0.2) is 33.0 Å². The van der Waals surface area contributed by atoms with Crippen LogP contribution < -0.4 is 15.2 Å². The molecule has 0 heterocycles. The van der Waals surface area contributed by atoms with Crippen molar-refractivity contribution < 1.29 is 14.2 Å². The van der Waals surface area contributed by atoms with Crippen LogP contribution in [0.1, 0.15) is 32.6 Å². The van der Waals surface area contributed by atoms with Gasteiger partial charge in [-0.15, -0.1) is 0 Å². The molecule has 0 unspecified atom stereocenters. The molecule has 1 aromatic rings. The first kappa shape index (κ1) is 16.8. The van der Waals surface area contributed by atoms with Crippen LogP contribution in [0.5, 0.6) is 11.5 Å². The molecule has 4 nitrogen and oxygen atoms in total. The molecule has 0 aliphatic carbocycles. The van der Waals surface area contributed by atoms with E-state index in [1.165, 1.54) is 0 Å². The second-order valence-corrected chi connectivity index (χ2v) is 4.57. The second-order valence-electron chi connectivity index (χ2n) is 4.57. The number of rotatable bonds is 12. The molecule has 0 fully saturated rings. The van der Waals surface area contributed by atoms with Gasteiger partial charge in [0.25, 0.3) is 0 Å². The van der Waals surface area contributed by atoms with Crippen molar-refractivity contribution in [1.29, 1.82) is 0 Å². The smallest absolute Gasteiger partial charge is 0.122 e. The summed E-state index contributed by atoms with van der Waals surface area (Å²) in [6.07, 6.45) is 4.23. The van der Waals surface area contributed by atoms with E-state index < -0.39 is 0 Å². The van der Waals surface area contributed by atoms with Crippen molar-refractivity contribution in [3.63, 3.8) is 0 Å². The Morgan fingerprint density at radius 2 is 1.65 bits per heavy atom. The van der Waals surface area contributed by atoms with Crippen LogP contribution in [0.2, 0.25) is 0 Å². The highest BCUT2D eigenvalue weighted by Crippen LogP contribution is 2.19. The van der Waals surface area contributed by atoms with E-state index in [2.05, 4.69) is 0 Å². The fourth-order valence-electron chi connectivity index (χ4n) is 1.80. The highest BCUT2D eigenvalue weighted by Gasteiger charge is 1.97. The maximum absolute atomic E-state index is 5.66. The van der Waals surface area contributed by atoms with E-state index in [1.807, 2.05) is 31.2 Å². The Morgan fingerprint density at radius 1 is 0.900 bits per heavy atom. The monoisotopic (exact) mass is 281 g/mol. The zero-order chi connectivity index (χ0) is 14.5. The van der Waals surface area contributed by atoms with Gasteiger partial charge < -0.3 is 19.9 Å². The summed E-state index contributed by atoms with van der Waals surface area (Å²) in [5.41, 5.74) is 5.43. The quantitative estimate of drug-likeness (QED) is 0.598. The lowest BCUT2D eigenvalue weighted by Crippen LogP contribution is -2.05. The molecular formula is C16H27NO3. The first-order chi connectivity index (χ1) is 9.86. The normalized spacial score (nSPS) is 10.5. The van der Waals surface area contributed by atoms with Crippen molar-refractivity contribution >= 4 is 0 Å². The second kappa shape index (κ2) is 11.6. The lowest BCUT2D eigenvalue weighted by Gasteiger charge is -2.09. The predicted molar refractivity (Wildman–Crippen MR) is 81.4 cm³/mol. The Morgan fingerprint density at radius 3 is 2.40 bits per heavy atom. The van der Waals surface area contributed by atoms with Crippen LogP contribution in [0.3, 0.4) is 0 Å². The lowest BCUT2D eigenvalue weighted by atomic mass is 10.2. The van der Waals surface area contributed by atoms with E-state index in [9.17, 15) is 0 Å². The summed E-state index contributed by atoms with van der Waals surface area (Å²) in [6.45, 7) is 5.64. The molecule has 114 valence electrons. The van der Waals surface area contributed by atoms with Crippen molar-refractivity contribution in [3.8, 4) is 11.5 Å². The summed E-state index contributed by atoms with van der Waals surface area (Å²) in [4.78, 5) is 0. The van der Waals surface area contributed by atoms with Gasteiger partial charge in [0.15, 0.2) is 0 Å². The maximum atomic E-state index is 5.66. The van der Waals surface area contributed by atoms with E-state index in [0.29, 0.717) is 13.2 Å². The zero-order valence-electron chi connectivity index (χ0n) is 12.5. The van der Waals surface area contributed by atoms with E-state index >= 15 is 0 Å². The third-order valence-electron chi connectivity index (χ3n) is 2.81. The maximum Gasteiger partial charge on any atom is 0.122 e. The van der Waals surface area contributed by atoms with Gasteiger partial charge in [0, 0.05) is 25.7 Å². The molecule has 0 aliphatic rings. The van der Waals surface area contributed by atoms with Gasteiger partial charge in [-0.3, -0.25) is 0 Å². The van der Waals surface area contributed by atoms with E-state index in [4.69, 9.17) is 19.9 Å². The molecule has 0 radical (unpaired) electrons. The van der Waals surface area contributed by atoms with Crippen molar-refractivity contribution in [2.75, 3.05) is 33.0 Å². The SMILES string of the molecule is CCOc1cccc(OCCCOCCCCCN)c1. The van der Waals surface area contributed by atoms with Gasteiger partial charge in [-0.1, -0.05) is 6.07 Å². The van der Waals surface area contributed by atoms with Gasteiger partial charge in [0.1, 0.15) is 11.5 Å². The van der Waals surface area contributed by atoms with Crippen LogP contribution >= 0.6 is 0 Å². The van der Waals surface area contributed by atoms with Crippen LogP contribution in [0.4, 0.5) is 0 Å². The van der Waals surface area contributed by atoms with Crippen LogP contribution in [0.25, 0.3) is 0 Å². The average molecular weight is 281 g/mol. The molecule has 0 aliphatic heterocycles. The number of unbranched alkanes of at least 4 members (excludes halogenated alkanes) is 2. The molecule has 1 aromatic carbocycles. The van der Waals surface area contributed by atoms with Crippen molar-refractivity contribution in [3.05, 3.63) is 24.3 Å². The van der Waals surface area contributed by atoms with Gasteiger partial charge in [0.05, 0.1) is 13.2 Å². The summed E-state index contributed by atoms with van der Waals surface area (Å²) >= 11 is 0. The Balaban J connectivity index is 2.02. The van der Waals surface area contributed by atoms with Gasteiger partial charge in [-0.05, 0) is 44.9 Å². The summed E-state index contributed by atoms with van der Waals surface area (Å²) in [5.74, 6) is 1.69. The van der Waals surface area contributed by atoms with Gasteiger partial charge in [-0.25, -0.2) is 0 Å². The molecule has 20 heavy (non-hydrogen) atoms. The molecule has 0 atom stereocenters. The fourth-order valence-corrected chi connectivity index (χ4v) is 1.80. The van der Waals surface area contributed by atoms with E-state index in [0.717, 1.165) is 56.9 Å². The van der Waals surface area contributed by atoms with Crippen molar-refractivity contribution in [1.82, 2.24) is 0 Å². The highest BCUT2D eigenvalue weighted by molar-refractivity contribution is 5.32. The summed E-state index contributed by atoms with van der Waals surface area (Å²) in [6, 6.07) is 7.72. The number of nitrogens with two attached hydrogens (primary N) is 1. The summed E-state index contributed by atoms with van der Waals surface area (Å²) < 4.78 is 16.6. The van der Waals surface area contributed by atoms with Crippen LogP contribution in [-0.2, 0) is 4.74 Å². The van der Waals surface area contributed by atoms with Gasteiger partial charge in [0.2, 0.25) is 0 Å². The molecule has 0 saturated heterocycles. The minimum Gasteiger partial charge on any atom is -0.494 e. The fraction of sp³-hybridized carbons (Fsp3) is 0.625. The number of ether oxygens (including phenoxy) is 3. The van der Waals surface area contributed by atoms with E-state index in [-0.39, 0.29) is 0 Å². The molecule has 0 spiro atoms. The Hall–Kier alpha value is -1.26. The molecule has 0 amide bonds. The largest absolute Gasteiger partial charge is 0.494 e. The predicted octanol–water partition coefficient (Wildman–Crippen LogP) is 3.00. The van der Waals surface area contributed by atoms with Crippen LogP contribution in [0.15, 0.2) is 24.3 Å². The van der Waals surface area contributed by atoms with E-state index in [1.54, 1.807) is 0 Å². The third-order valence-corrected chi connectivity index (χ3v) is 2.81. The Kier molecular flexibility index (Phi) is 9.70. The Bertz CT molecular complexity index is 344. The first-order valence-corrected chi connectivity index (χ1v) is 7.50. The number of hydrogen-bond donors (Lipinski definition) is 1. The van der Waals surface area contributed by atoms with Crippen LogP contribution in [0, 0.1) is 0 Å². The highest BCUT2D eigenvalue weighted by atomic mass is 16.5. The minimum atomic E-state index is 0.665. The zero-order valence-corrected chi connectivity index (χ0v) is 12.5. The minimum absolute atomic E-state index is 0.665. The molecule has 1 rings (SSSR count). The average Bonchev–Trinajstić information content (AvgIpc) is 2.46. The Labute approximate surface area is 122 Å². The summed E-state index contributed by atoms with van der Waals surface area (Å²) in [5, 5.41) is 0. The molecule has 0 aromatic heterocycles. The number of benzene rings is 1. The van der Waals surface area contributed by atoms with Crippen molar-refractivity contribution in [2.45, 2.75) is 32.6 Å². The lowest BCUT2D eigenvalue weighted by molar-refractivity contribution is 0.116. The van der Waals surface area contributed by atoms with Crippen molar-refractivity contribution in [2.24, 2.45) is 5.73 Å². The van der Waals surface area contributed by atoms with Gasteiger partial charge >= 0.3 is 0 Å². The standard InChI is InChI=1S/C16H27NO3/c1-2-19-15-8-6-9-16(14-15)20-13-7-12-18-11-5-3-4-10-17/h6,8-9,14H,2-5,7,10-13,17H2,1H3.